The summed E-state index contributed by atoms with van der Waals surface area (Å²) in [6.45, 7) is 0.282. The number of rotatable bonds is 7. The number of anilines is 1. The maximum atomic E-state index is 12.6. The third-order valence-corrected chi connectivity index (χ3v) is 4.67. The zero-order valence-electron chi connectivity index (χ0n) is 15.2. The molecule has 0 atom stereocenters. The first-order valence-electron chi connectivity index (χ1n) is 9.01. The molecule has 2 aromatic rings. The number of hydrogen-bond acceptors (Lipinski definition) is 4. The van der Waals surface area contributed by atoms with Gasteiger partial charge in [0, 0.05) is 30.4 Å². The van der Waals surface area contributed by atoms with Gasteiger partial charge in [0.1, 0.15) is 5.82 Å². The van der Waals surface area contributed by atoms with Gasteiger partial charge in [0.25, 0.3) is 5.91 Å². The average molecular weight is 427 g/mol. The van der Waals surface area contributed by atoms with Gasteiger partial charge < -0.3 is 10.6 Å². The quantitative estimate of drug-likeness (QED) is 0.658. The molecular weight excluding hydrogens is 409 g/mol. The van der Waals surface area contributed by atoms with Crippen molar-refractivity contribution in [2.45, 2.75) is 31.9 Å². The lowest BCUT2D eigenvalue weighted by molar-refractivity contribution is -0.137. The largest absolute Gasteiger partial charge is 0.417 e. The fourth-order valence-corrected chi connectivity index (χ4v) is 2.84. The molecule has 29 heavy (non-hydrogen) atoms. The Morgan fingerprint density at radius 2 is 1.97 bits per heavy atom. The van der Waals surface area contributed by atoms with Crippen LogP contribution in [0.2, 0.25) is 5.02 Å². The van der Waals surface area contributed by atoms with Gasteiger partial charge in [0.05, 0.1) is 16.3 Å². The number of halogens is 4. The molecule has 0 spiro atoms. The third-order valence-electron chi connectivity index (χ3n) is 4.34. The SMILES string of the molecule is O=C(NCCCc1ncc(C(F)(F)F)cc1Cl)c1ccnc(NC(=O)C2CC2)c1. The molecule has 0 saturated heterocycles. The molecule has 0 aromatic carbocycles. The summed E-state index contributed by atoms with van der Waals surface area (Å²) in [5, 5.41) is 5.33. The van der Waals surface area contributed by atoms with Gasteiger partial charge in [0.2, 0.25) is 5.91 Å². The highest BCUT2D eigenvalue weighted by atomic mass is 35.5. The number of hydrogen-bond donors (Lipinski definition) is 2. The van der Waals surface area contributed by atoms with Crippen LogP contribution >= 0.6 is 11.6 Å². The van der Waals surface area contributed by atoms with E-state index in [0.717, 1.165) is 25.1 Å². The van der Waals surface area contributed by atoms with E-state index in [0.29, 0.717) is 29.9 Å². The lowest BCUT2D eigenvalue weighted by Crippen LogP contribution is -2.25. The Bertz CT molecular complexity index is 917. The lowest BCUT2D eigenvalue weighted by atomic mass is 10.1. The molecule has 6 nitrogen and oxygen atoms in total. The molecule has 10 heteroatoms. The van der Waals surface area contributed by atoms with E-state index in [1.165, 1.54) is 18.3 Å². The fourth-order valence-electron chi connectivity index (χ4n) is 2.58. The van der Waals surface area contributed by atoms with E-state index in [1.807, 2.05) is 0 Å². The summed E-state index contributed by atoms with van der Waals surface area (Å²) in [5.74, 6) is -0.105. The molecule has 1 saturated carbocycles. The Balaban J connectivity index is 1.48. The summed E-state index contributed by atoms with van der Waals surface area (Å²) >= 11 is 5.87. The smallest absolute Gasteiger partial charge is 0.352 e. The van der Waals surface area contributed by atoms with Crippen LogP contribution in [-0.2, 0) is 17.4 Å². The first-order valence-corrected chi connectivity index (χ1v) is 9.38. The summed E-state index contributed by atoms with van der Waals surface area (Å²) in [6.07, 6.45) is 0.173. The maximum Gasteiger partial charge on any atom is 0.417 e. The number of carbonyl (C=O) groups excluding carboxylic acids is 2. The second kappa shape index (κ2) is 8.77. The van der Waals surface area contributed by atoms with Crippen LogP contribution in [0.15, 0.2) is 30.6 Å². The first-order chi connectivity index (χ1) is 13.7. The van der Waals surface area contributed by atoms with E-state index < -0.39 is 11.7 Å². The summed E-state index contributed by atoms with van der Waals surface area (Å²) in [7, 11) is 0. The summed E-state index contributed by atoms with van der Waals surface area (Å²) < 4.78 is 37.9. The Kier molecular flexibility index (Phi) is 6.36. The maximum absolute atomic E-state index is 12.6. The van der Waals surface area contributed by atoms with Crippen molar-refractivity contribution in [3.8, 4) is 0 Å². The number of carbonyl (C=O) groups is 2. The molecule has 2 aromatic heterocycles. The van der Waals surface area contributed by atoms with Crippen molar-refractivity contribution in [2.75, 3.05) is 11.9 Å². The zero-order chi connectivity index (χ0) is 21.0. The summed E-state index contributed by atoms with van der Waals surface area (Å²) in [4.78, 5) is 31.8. The third kappa shape index (κ3) is 5.90. The van der Waals surface area contributed by atoms with E-state index >= 15 is 0 Å². The average Bonchev–Trinajstić information content (AvgIpc) is 3.51. The molecule has 1 aliphatic rings. The number of pyridine rings is 2. The molecular formula is C19H18ClF3N4O2. The molecule has 0 aliphatic heterocycles. The van der Waals surface area contributed by atoms with Crippen LogP contribution in [0.4, 0.5) is 19.0 Å². The topological polar surface area (TPSA) is 84.0 Å². The Hall–Kier alpha value is -2.68. The highest BCUT2D eigenvalue weighted by Gasteiger charge is 2.31. The van der Waals surface area contributed by atoms with Crippen LogP contribution < -0.4 is 10.6 Å². The summed E-state index contributed by atoms with van der Waals surface area (Å²) in [5.41, 5.74) is -0.221. The van der Waals surface area contributed by atoms with Gasteiger partial charge in [-0.05, 0) is 43.9 Å². The van der Waals surface area contributed by atoms with Gasteiger partial charge >= 0.3 is 6.18 Å². The van der Waals surface area contributed by atoms with Gasteiger partial charge in [-0.15, -0.1) is 0 Å². The van der Waals surface area contributed by atoms with Gasteiger partial charge in [-0.3, -0.25) is 14.6 Å². The predicted molar refractivity (Wildman–Crippen MR) is 100 cm³/mol. The number of nitrogens with one attached hydrogen (secondary N) is 2. The predicted octanol–water partition coefficient (Wildman–Crippen LogP) is 3.86. The summed E-state index contributed by atoms with van der Waals surface area (Å²) in [6, 6.07) is 3.86. The van der Waals surface area contributed by atoms with Gasteiger partial charge in [0.15, 0.2) is 0 Å². The number of alkyl halides is 3. The molecule has 1 fully saturated rings. The van der Waals surface area contributed by atoms with Crippen LogP contribution in [-0.4, -0.2) is 28.3 Å². The molecule has 0 radical (unpaired) electrons. The fraction of sp³-hybridized carbons (Fsp3) is 0.368. The number of amides is 2. The zero-order valence-corrected chi connectivity index (χ0v) is 16.0. The van der Waals surface area contributed by atoms with Crippen molar-refractivity contribution in [3.63, 3.8) is 0 Å². The van der Waals surface area contributed by atoms with E-state index in [2.05, 4.69) is 20.6 Å². The van der Waals surface area contributed by atoms with Crippen molar-refractivity contribution >= 4 is 29.2 Å². The molecule has 0 bridgehead atoms. The Morgan fingerprint density at radius 3 is 2.62 bits per heavy atom. The van der Waals surface area contributed by atoms with Crippen molar-refractivity contribution in [3.05, 3.63) is 52.4 Å². The van der Waals surface area contributed by atoms with Gasteiger partial charge in [-0.25, -0.2) is 4.98 Å². The lowest BCUT2D eigenvalue weighted by Gasteiger charge is -2.10. The minimum Gasteiger partial charge on any atom is -0.352 e. The van der Waals surface area contributed by atoms with Gasteiger partial charge in [-0.1, -0.05) is 11.6 Å². The number of nitrogens with zero attached hydrogens (tertiary/aromatic N) is 2. The van der Waals surface area contributed by atoms with Crippen LogP contribution in [0.25, 0.3) is 0 Å². The monoisotopic (exact) mass is 426 g/mol. The Labute approximate surface area is 169 Å². The normalized spacial score (nSPS) is 13.8. The van der Waals surface area contributed by atoms with Crippen LogP contribution in [0.5, 0.6) is 0 Å². The van der Waals surface area contributed by atoms with Crippen LogP contribution in [0.1, 0.15) is 40.9 Å². The standard InChI is InChI=1S/C19H18ClF3N4O2/c20-14-9-13(19(21,22)23)10-26-15(14)2-1-6-25-17(28)12-5-7-24-16(8-12)27-18(29)11-3-4-11/h5,7-11H,1-4,6H2,(H,25,28)(H,24,27,29). The molecule has 0 unspecified atom stereocenters. The van der Waals surface area contributed by atoms with E-state index in [1.54, 1.807) is 0 Å². The molecule has 2 heterocycles. The Morgan fingerprint density at radius 1 is 1.21 bits per heavy atom. The van der Waals surface area contributed by atoms with Crippen molar-refractivity contribution < 1.29 is 22.8 Å². The van der Waals surface area contributed by atoms with Crippen molar-refractivity contribution in [2.24, 2.45) is 5.92 Å². The highest BCUT2D eigenvalue weighted by Crippen LogP contribution is 2.31. The minimum absolute atomic E-state index is 0.0277. The van der Waals surface area contributed by atoms with E-state index in [9.17, 15) is 22.8 Å². The van der Waals surface area contributed by atoms with E-state index in [4.69, 9.17) is 11.6 Å². The van der Waals surface area contributed by atoms with Crippen LogP contribution in [0.3, 0.4) is 0 Å². The molecule has 2 N–H and O–H groups in total. The van der Waals surface area contributed by atoms with E-state index in [-0.39, 0.29) is 29.3 Å². The molecule has 3 rings (SSSR count). The molecule has 1 aliphatic carbocycles. The van der Waals surface area contributed by atoms with Crippen LogP contribution in [0, 0.1) is 5.92 Å². The number of aromatic nitrogens is 2. The second-order valence-electron chi connectivity index (χ2n) is 6.70. The second-order valence-corrected chi connectivity index (χ2v) is 7.11. The van der Waals surface area contributed by atoms with Gasteiger partial charge in [-0.2, -0.15) is 13.2 Å². The van der Waals surface area contributed by atoms with Crippen molar-refractivity contribution in [1.82, 2.24) is 15.3 Å². The molecule has 2 amide bonds. The number of aryl methyl sites for hydroxylation is 1. The van der Waals surface area contributed by atoms with Crippen molar-refractivity contribution in [1.29, 1.82) is 0 Å². The molecule has 154 valence electrons. The highest BCUT2D eigenvalue weighted by molar-refractivity contribution is 6.31. The first kappa shape index (κ1) is 21.0. The minimum atomic E-state index is -4.50.